The van der Waals surface area contributed by atoms with Crippen LogP contribution in [-0.4, -0.2) is 45.1 Å². The van der Waals surface area contributed by atoms with Crippen molar-refractivity contribution in [1.29, 1.82) is 0 Å². The van der Waals surface area contributed by atoms with Crippen molar-refractivity contribution in [3.63, 3.8) is 0 Å². The lowest BCUT2D eigenvalue weighted by Gasteiger charge is -2.15. The van der Waals surface area contributed by atoms with Crippen LogP contribution in [0.3, 0.4) is 0 Å². The minimum atomic E-state index is -0.0286. The van der Waals surface area contributed by atoms with Gasteiger partial charge in [0, 0.05) is 42.6 Å². The van der Waals surface area contributed by atoms with Crippen LogP contribution < -0.4 is 4.74 Å². The molecule has 7 heteroatoms. The Kier molecular flexibility index (Phi) is 4.09. The normalized spacial score (nSPS) is 18.4. The lowest BCUT2D eigenvalue weighted by molar-refractivity contribution is 0.0785. The van der Waals surface area contributed by atoms with Gasteiger partial charge >= 0.3 is 0 Å². The number of benzene rings is 1. The first-order chi connectivity index (χ1) is 13.3. The van der Waals surface area contributed by atoms with E-state index in [9.17, 15) is 4.79 Å². The van der Waals surface area contributed by atoms with E-state index in [-0.39, 0.29) is 5.91 Å². The fraction of sp³-hybridized carbons (Fsp3) is 0.300. The van der Waals surface area contributed by atoms with Gasteiger partial charge in [0.2, 0.25) is 0 Å². The van der Waals surface area contributed by atoms with E-state index >= 15 is 0 Å². The van der Waals surface area contributed by atoms with Gasteiger partial charge in [0.05, 0.1) is 12.3 Å². The van der Waals surface area contributed by atoms with E-state index < -0.39 is 0 Å². The van der Waals surface area contributed by atoms with Crippen LogP contribution in [0.1, 0.15) is 34.0 Å². The quantitative estimate of drug-likeness (QED) is 0.700. The zero-order valence-electron chi connectivity index (χ0n) is 14.7. The Labute approximate surface area is 161 Å². The standard InChI is InChI=1S/C20H18N4O2S/c25-20(18-12-27-23-22-18)24-7-4-16(11-24)13-3-6-21-17(10-13)14-1-2-19-15(9-14)5-8-26-19/h1-3,6,9-10,12,16H,4-5,7-8,11H2. The zero-order valence-corrected chi connectivity index (χ0v) is 15.5. The summed E-state index contributed by atoms with van der Waals surface area (Å²) in [6.07, 6.45) is 3.77. The second kappa shape index (κ2) is 6.74. The largest absolute Gasteiger partial charge is 0.493 e. The first-order valence-corrected chi connectivity index (χ1v) is 9.90. The fourth-order valence-corrected chi connectivity index (χ4v) is 4.27. The van der Waals surface area contributed by atoms with Gasteiger partial charge in [-0.05, 0) is 59.4 Å². The number of nitrogens with zero attached hydrogens (tertiary/aromatic N) is 4. The van der Waals surface area contributed by atoms with Crippen molar-refractivity contribution >= 4 is 17.4 Å². The predicted octanol–water partition coefficient (Wildman–Crippen LogP) is 3.16. The molecule has 1 atom stereocenters. The molecule has 1 fully saturated rings. The van der Waals surface area contributed by atoms with Crippen molar-refractivity contribution in [3.8, 4) is 17.0 Å². The van der Waals surface area contributed by atoms with Crippen molar-refractivity contribution in [2.45, 2.75) is 18.8 Å². The van der Waals surface area contributed by atoms with E-state index in [2.05, 4.69) is 38.8 Å². The molecule has 3 aromatic rings. The number of rotatable bonds is 3. The van der Waals surface area contributed by atoms with Gasteiger partial charge < -0.3 is 9.64 Å². The third kappa shape index (κ3) is 3.08. The SMILES string of the molecule is O=C(c1csnn1)N1CCC(c2ccnc(-c3ccc4c(c3)CCO4)c2)C1. The highest BCUT2D eigenvalue weighted by Gasteiger charge is 2.29. The summed E-state index contributed by atoms with van der Waals surface area (Å²) in [4.78, 5) is 18.9. The average molecular weight is 378 g/mol. The number of carbonyl (C=O) groups is 1. The van der Waals surface area contributed by atoms with E-state index in [4.69, 9.17) is 4.74 Å². The number of ether oxygens (including phenoxy) is 1. The van der Waals surface area contributed by atoms with Gasteiger partial charge in [-0.15, -0.1) is 5.10 Å². The van der Waals surface area contributed by atoms with E-state index in [0.717, 1.165) is 43.0 Å². The fourth-order valence-electron chi connectivity index (χ4n) is 3.84. The number of hydrogen-bond acceptors (Lipinski definition) is 6. The Hall–Kier alpha value is -2.80. The van der Waals surface area contributed by atoms with Crippen LogP contribution in [0.5, 0.6) is 5.75 Å². The molecule has 0 spiro atoms. The molecule has 0 aliphatic carbocycles. The second-order valence-electron chi connectivity index (χ2n) is 6.92. The molecular weight excluding hydrogens is 360 g/mol. The van der Waals surface area contributed by atoms with E-state index in [1.165, 1.54) is 22.7 Å². The summed E-state index contributed by atoms with van der Waals surface area (Å²) in [5, 5.41) is 5.60. The second-order valence-corrected chi connectivity index (χ2v) is 7.53. The molecule has 1 aromatic carbocycles. The number of likely N-dealkylation sites (tertiary alicyclic amines) is 1. The first kappa shape index (κ1) is 16.4. The van der Waals surface area contributed by atoms with Gasteiger partial charge in [-0.25, -0.2) is 0 Å². The molecule has 0 radical (unpaired) electrons. The molecule has 1 amide bonds. The summed E-state index contributed by atoms with van der Waals surface area (Å²) in [5.41, 5.74) is 4.99. The topological polar surface area (TPSA) is 68.2 Å². The number of carbonyl (C=O) groups excluding carboxylic acids is 1. The van der Waals surface area contributed by atoms with Crippen molar-refractivity contribution in [1.82, 2.24) is 19.5 Å². The molecule has 1 unspecified atom stereocenters. The zero-order chi connectivity index (χ0) is 18.2. The number of fused-ring (bicyclic) bond motifs is 1. The number of pyridine rings is 1. The maximum absolute atomic E-state index is 12.5. The van der Waals surface area contributed by atoms with Crippen LogP contribution in [0, 0.1) is 0 Å². The Morgan fingerprint density at radius 1 is 1.26 bits per heavy atom. The number of amides is 1. The molecular formula is C20H18N4O2S. The molecule has 136 valence electrons. The van der Waals surface area contributed by atoms with Gasteiger partial charge in [0.1, 0.15) is 5.75 Å². The highest BCUT2D eigenvalue weighted by molar-refractivity contribution is 7.03. The highest BCUT2D eigenvalue weighted by Crippen LogP contribution is 2.33. The molecule has 27 heavy (non-hydrogen) atoms. The van der Waals surface area contributed by atoms with Crippen molar-refractivity contribution in [2.75, 3.05) is 19.7 Å². The van der Waals surface area contributed by atoms with Crippen LogP contribution in [0.4, 0.5) is 0 Å². The lowest BCUT2D eigenvalue weighted by Crippen LogP contribution is -2.28. The number of aromatic nitrogens is 3. The minimum Gasteiger partial charge on any atom is -0.493 e. The third-order valence-electron chi connectivity index (χ3n) is 5.30. The van der Waals surface area contributed by atoms with E-state index in [1.54, 1.807) is 5.38 Å². The van der Waals surface area contributed by atoms with Crippen molar-refractivity contribution in [2.24, 2.45) is 0 Å². The van der Waals surface area contributed by atoms with Gasteiger partial charge in [-0.3, -0.25) is 9.78 Å². The molecule has 4 heterocycles. The molecule has 5 rings (SSSR count). The van der Waals surface area contributed by atoms with Gasteiger partial charge in [0.15, 0.2) is 5.69 Å². The number of hydrogen-bond donors (Lipinski definition) is 0. The Morgan fingerprint density at radius 2 is 2.22 bits per heavy atom. The monoisotopic (exact) mass is 378 g/mol. The van der Waals surface area contributed by atoms with Crippen LogP contribution >= 0.6 is 11.5 Å². The molecule has 2 aliphatic heterocycles. The molecule has 0 N–H and O–H groups in total. The maximum atomic E-state index is 12.5. The lowest BCUT2D eigenvalue weighted by atomic mass is 9.97. The minimum absolute atomic E-state index is 0.0286. The Balaban J connectivity index is 1.36. The molecule has 0 bridgehead atoms. The Morgan fingerprint density at radius 3 is 3.11 bits per heavy atom. The highest BCUT2D eigenvalue weighted by atomic mass is 32.1. The van der Waals surface area contributed by atoms with E-state index in [1.807, 2.05) is 17.2 Å². The molecule has 0 saturated carbocycles. The summed E-state index contributed by atoms with van der Waals surface area (Å²) >= 11 is 1.21. The third-order valence-corrected chi connectivity index (χ3v) is 5.80. The summed E-state index contributed by atoms with van der Waals surface area (Å²) < 4.78 is 9.38. The Bertz CT molecular complexity index is 989. The van der Waals surface area contributed by atoms with Gasteiger partial charge in [-0.1, -0.05) is 4.49 Å². The van der Waals surface area contributed by atoms with Crippen LogP contribution in [-0.2, 0) is 6.42 Å². The molecule has 2 aliphatic rings. The summed E-state index contributed by atoms with van der Waals surface area (Å²) in [5.74, 6) is 1.27. The summed E-state index contributed by atoms with van der Waals surface area (Å²) in [7, 11) is 0. The van der Waals surface area contributed by atoms with Gasteiger partial charge in [0.25, 0.3) is 5.91 Å². The first-order valence-electron chi connectivity index (χ1n) is 9.06. The molecule has 2 aromatic heterocycles. The van der Waals surface area contributed by atoms with Crippen LogP contribution in [0.2, 0.25) is 0 Å². The van der Waals surface area contributed by atoms with Crippen molar-refractivity contribution in [3.05, 3.63) is 58.7 Å². The van der Waals surface area contributed by atoms with E-state index in [0.29, 0.717) is 18.2 Å². The maximum Gasteiger partial charge on any atom is 0.275 e. The molecule has 1 saturated heterocycles. The predicted molar refractivity (Wildman–Crippen MR) is 102 cm³/mol. The van der Waals surface area contributed by atoms with Crippen LogP contribution in [0.15, 0.2) is 41.9 Å². The summed E-state index contributed by atoms with van der Waals surface area (Å²) in [6.45, 7) is 2.21. The summed E-state index contributed by atoms with van der Waals surface area (Å²) in [6, 6.07) is 10.5. The molecule has 6 nitrogen and oxygen atoms in total. The van der Waals surface area contributed by atoms with Crippen molar-refractivity contribution < 1.29 is 9.53 Å². The van der Waals surface area contributed by atoms with Crippen LogP contribution in [0.25, 0.3) is 11.3 Å². The average Bonchev–Trinajstić information content (AvgIpc) is 3.48. The smallest absolute Gasteiger partial charge is 0.275 e. The van der Waals surface area contributed by atoms with Gasteiger partial charge in [-0.2, -0.15) is 0 Å².